The van der Waals surface area contributed by atoms with Crippen LogP contribution in [0.5, 0.6) is 0 Å². The molecule has 0 radical (unpaired) electrons. The third kappa shape index (κ3) is 3.58. The quantitative estimate of drug-likeness (QED) is 0.163. The smallest absolute Gasteiger partial charge is 0.247 e. The van der Waals surface area contributed by atoms with E-state index in [4.69, 9.17) is 0 Å². The maximum absolute atomic E-state index is 2.63. The molecule has 226 valence electrons. The van der Waals surface area contributed by atoms with Gasteiger partial charge in [0, 0.05) is 37.0 Å². The largest absolute Gasteiger partial charge is 0.310 e. The van der Waals surface area contributed by atoms with Crippen LogP contribution in [-0.2, 0) is 16.2 Å². The van der Waals surface area contributed by atoms with Gasteiger partial charge in [0.2, 0.25) is 6.71 Å². The van der Waals surface area contributed by atoms with Crippen LogP contribution in [0.15, 0.2) is 97.1 Å². The number of nitrogens with zero attached hydrogens (tertiary/aromatic N) is 1. The number of fused-ring (bicyclic) bond motifs is 10. The van der Waals surface area contributed by atoms with Crippen molar-refractivity contribution in [3.8, 4) is 16.1 Å². The minimum absolute atomic E-state index is 0.0113. The van der Waals surface area contributed by atoms with Crippen molar-refractivity contribution in [3.63, 3.8) is 0 Å². The SMILES string of the molecule is CC(C)(C)c1ccc2c(c1)B1c3ccccc3C(C)(C)c3ccc4c5c6sc(-c7ccccc7)c(C(C)(C)C)c6ccc5n-2c4c31. The normalized spacial score (nSPS) is 15.1. The average molecular weight is 614 g/mol. The van der Waals surface area contributed by atoms with Gasteiger partial charge in [-0.25, -0.2) is 0 Å². The fourth-order valence-electron chi connectivity index (χ4n) is 8.79. The summed E-state index contributed by atoms with van der Waals surface area (Å²) >= 11 is 1.99. The molecule has 0 N–H and O–H groups in total. The highest BCUT2D eigenvalue weighted by molar-refractivity contribution is 7.23. The number of aromatic nitrogens is 1. The molecule has 0 saturated heterocycles. The van der Waals surface area contributed by atoms with Crippen LogP contribution >= 0.6 is 11.3 Å². The zero-order chi connectivity index (χ0) is 31.9. The molecule has 3 heteroatoms. The average Bonchev–Trinajstić information content (AvgIpc) is 3.58. The van der Waals surface area contributed by atoms with E-state index in [0.717, 1.165) is 0 Å². The van der Waals surface area contributed by atoms with Gasteiger partial charge in [-0.2, -0.15) is 0 Å². The monoisotopic (exact) mass is 613 g/mol. The molecule has 2 aliphatic heterocycles. The molecular formula is C43H40BNS. The van der Waals surface area contributed by atoms with E-state index in [1.165, 1.54) is 86.7 Å². The van der Waals surface area contributed by atoms with Crippen molar-refractivity contribution in [2.24, 2.45) is 0 Å². The van der Waals surface area contributed by atoms with Gasteiger partial charge < -0.3 is 4.57 Å². The van der Waals surface area contributed by atoms with E-state index in [1.54, 1.807) is 0 Å². The number of thiophene rings is 1. The number of hydrogen-bond donors (Lipinski definition) is 0. The van der Waals surface area contributed by atoms with Gasteiger partial charge in [-0.1, -0.05) is 146 Å². The van der Waals surface area contributed by atoms with Gasteiger partial charge in [-0.15, -0.1) is 11.3 Å². The molecule has 2 aliphatic rings. The number of benzene rings is 5. The second-order valence-corrected chi connectivity index (χ2v) is 17.2. The van der Waals surface area contributed by atoms with Gasteiger partial charge in [-0.3, -0.25) is 0 Å². The summed E-state index contributed by atoms with van der Waals surface area (Å²) < 4.78 is 4.04. The summed E-state index contributed by atoms with van der Waals surface area (Å²) in [5, 5.41) is 4.17. The molecule has 0 saturated carbocycles. The molecular weight excluding hydrogens is 573 g/mol. The van der Waals surface area contributed by atoms with Crippen LogP contribution in [0.4, 0.5) is 0 Å². The Morgan fingerprint density at radius 3 is 2.13 bits per heavy atom. The van der Waals surface area contributed by atoms with Crippen LogP contribution in [0.2, 0.25) is 0 Å². The lowest BCUT2D eigenvalue weighted by atomic mass is 9.30. The molecule has 0 atom stereocenters. The van der Waals surface area contributed by atoms with E-state index in [1.807, 2.05) is 11.3 Å². The molecule has 0 amide bonds. The molecule has 4 heterocycles. The van der Waals surface area contributed by atoms with Gasteiger partial charge in [0.05, 0.1) is 5.52 Å². The molecule has 2 aromatic heterocycles. The Morgan fingerprint density at radius 2 is 1.39 bits per heavy atom. The van der Waals surface area contributed by atoms with Gasteiger partial charge in [-0.05, 0) is 67.1 Å². The number of rotatable bonds is 1. The Balaban J connectivity index is 1.48. The minimum Gasteiger partial charge on any atom is -0.310 e. The van der Waals surface area contributed by atoms with Crippen molar-refractivity contribution < 1.29 is 0 Å². The standard InChI is InChI=1S/C43H40BNS/c1-41(2,3)26-18-22-33-32(24-26)44-31-17-13-12-16-29(31)43(7,8)30-21-19-27-35-34(45(33)38(27)37(30)44)23-20-28-36(42(4,5)6)39(46-40(28)35)25-14-10-9-11-15-25/h9-24H,1-8H3. The Hall–Kier alpha value is -4.08. The first-order valence-corrected chi connectivity index (χ1v) is 17.6. The van der Waals surface area contributed by atoms with Crippen molar-refractivity contribution in [3.05, 3.63) is 119 Å². The molecule has 9 rings (SSSR count). The zero-order valence-electron chi connectivity index (χ0n) is 28.2. The summed E-state index contributed by atoms with van der Waals surface area (Å²) in [5.41, 5.74) is 15.5. The fraction of sp³-hybridized carbons (Fsp3) is 0.256. The molecule has 7 aromatic rings. The molecule has 46 heavy (non-hydrogen) atoms. The first kappa shape index (κ1) is 28.2. The summed E-state index contributed by atoms with van der Waals surface area (Å²) in [6.07, 6.45) is 0. The summed E-state index contributed by atoms with van der Waals surface area (Å²) in [6, 6.07) is 37.3. The topological polar surface area (TPSA) is 4.93 Å². The summed E-state index contributed by atoms with van der Waals surface area (Å²) in [6.45, 7) is 19.2. The lowest BCUT2D eigenvalue weighted by Gasteiger charge is -2.41. The maximum Gasteiger partial charge on any atom is 0.247 e. The predicted octanol–water partition coefficient (Wildman–Crippen LogP) is 9.73. The molecule has 0 aliphatic carbocycles. The second kappa shape index (κ2) is 9.04. The van der Waals surface area contributed by atoms with Crippen molar-refractivity contribution in [1.29, 1.82) is 0 Å². The molecule has 0 spiro atoms. The zero-order valence-corrected chi connectivity index (χ0v) is 29.0. The highest BCUT2D eigenvalue weighted by Gasteiger charge is 2.45. The fourth-order valence-corrected chi connectivity index (χ4v) is 10.4. The third-order valence-electron chi connectivity index (χ3n) is 10.9. The Bertz CT molecular complexity index is 2410. The highest BCUT2D eigenvalue weighted by atomic mass is 32.1. The van der Waals surface area contributed by atoms with E-state index < -0.39 is 0 Å². The Kier molecular flexibility index (Phi) is 5.54. The van der Waals surface area contributed by atoms with E-state index >= 15 is 0 Å². The highest BCUT2D eigenvalue weighted by Crippen LogP contribution is 2.50. The molecule has 0 bridgehead atoms. The molecule has 5 aromatic carbocycles. The summed E-state index contributed by atoms with van der Waals surface area (Å²) in [5.74, 6) is 0. The van der Waals surface area contributed by atoms with Crippen molar-refractivity contribution in [1.82, 2.24) is 4.57 Å². The van der Waals surface area contributed by atoms with Gasteiger partial charge in [0.15, 0.2) is 0 Å². The Labute approximate surface area is 277 Å². The van der Waals surface area contributed by atoms with Crippen LogP contribution in [0.1, 0.15) is 77.6 Å². The van der Waals surface area contributed by atoms with Gasteiger partial charge >= 0.3 is 0 Å². The van der Waals surface area contributed by atoms with Crippen LogP contribution in [0, 0.1) is 0 Å². The van der Waals surface area contributed by atoms with Crippen LogP contribution in [0.25, 0.3) is 48.0 Å². The maximum atomic E-state index is 2.63. The third-order valence-corrected chi connectivity index (χ3v) is 12.2. The first-order valence-electron chi connectivity index (χ1n) is 16.7. The van der Waals surface area contributed by atoms with Gasteiger partial charge in [0.25, 0.3) is 0 Å². The van der Waals surface area contributed by atoms with Crippen LogP contribution in [-0.4, -0.2) is 11.3 Å². The van der Waals surface area contributed by atoms with E-state index in [-0.39, 0.29) is 23.0 Å². The molecule has 1 nitrogen and oxygen atoms in total. The lowest BCUT2D eigenvalue weighted by molar-refractivity contribution is 0.590. The van der Waals surface area contributed by atoms with Gasteiger partial charge in [0.1, 0.15) is 0 Å². The van der Waals surface area contributed by atoms with Crippen molar-refractivity contribution in [2.75, 3.05) is 0 Å². The second-order valence-electron chi connectivity index (χ2n) is 16.2. The molecule has 0 fully saturated rings. The van der Waals surface area contributed by atoms with E-state index in [0.29, 0.717) is 0 Å². The van der Waals surface area contributed by atoms with Crippen LogP contribution in [0.3, 0.4) is 0 Å². The first-order chi connectivity index (χ1) is 21.9. The summed E-state index contributed by atoms with van der Waals surface area (Å²) in [4.78, 5) is 1.40. The number of hydrogen-bond acceptors (Lipinski definition) is 1. The van der Waals surface area contributed by atoms with Crippen LogP contribution < -0.4 is 16.4 Å². The van der Waals surface area contributed by atoms with Crippen molar-refractivity contribution in [2.45, 2.75) is 71.6 Å². The molecule has 0 unspecified atom stereocenters. The summed E-state index contributed by atoms with van der Waals surface area (Å²) in [7, 11) is 0. The van der Waals surface area contributed by atoms with E-state index in [2.05, 4.69) is 157 Å². The predicted molar refractivity (Wildman–Crippen MR) is 202 cm³/mol. The Morgan fingerprint density at radius 1 is 0.674 bits per heavy atom. The lowest BCUT2D eigenvalue weighted by Crippen LogP contribution is -2.63. The minimum atomic E-state index is -0.0881. The van der Waals surface area contributed by atoms with Crippen molar-refractivity contribution >= 4 is 66.3 Å². The van der Waals surface area contributed by atoms with E-state index in [9.17, 15) is 0 Å².